The van der Waals surface area contributed by atoms with Crippen molar-refractivity contribution in [3.05, 3.63) is 17.7 Å². The standard InChI is InChI=1S/C15H20O5/c1-10-5-6-11(18-2)13(19-3)12(10)20-9-15(14(16)17)7-4-8-15/h5-6H,4,7-9H2,1-3H3,(H,16,17). The molecule has 1 aromatic rings. The summed E-state index contributed by atoms with van der Waals surface area (Å²) in [6.07, 6.45) is 2.26. The number of hydrogen-bond acceptors (Lipinski definition) is 4. The summed E-state index contributed by atoms with van der Waals surface area (Å²) < 4.78 is 16.3. The van der Waals surface area contributed by atoms with E-state index in [1.54, 1.807) is 20.3 Å². The number of aliphatic carboxylic acids is 1. The van der Waals surface area contributed by atoms with Crippen molar-refractivity contribution in [2.75, 3.05) is 20.8 Å². The summed E-state index contributed by atoms with van der Waals surface area (Å²) in [7, 11) is 3.10. The molecule has 1 fully saturated rings. The molecule has 0 aromatic heterocycles. The molecule has 0 radical (unpaired) electrons. The molecule has 0 heterocycles. The molecule has 110 valence electrons. The van der Waals surface area contributed by atoms with E-state index in [0.29, 0.717) is 30.1 Å². The fraction of sp³-hybridized carbons (Fsp3) is 0.533. The van der Waals surface area contributed by atoms with E-state index in [4.69, 9.17) is 14.2 Å². The Morgan fingerprint density at radius 1 is 1.25 bits per heavy atom. The number of carboxylic acid groups (broad SMARTS) is 1. The minimum absolute atomic E-state index is 0.159. The average Bonchev–Trinajstić information content (AvgIpc) is 2.38. The van der Waals surface area contributed by atoms with Crippen LogP contribution in [-0.4, -0.2) is 31.9 Å². The summed E-state index contributed by atoms with van der Waals surface area (Å²) in [6.45, 7) is 2.05. The van der Waals surface area contributed by atoms with Crippen LogP contribution in [0.5, 0.6) is 17.2 Å². The third kappa shape index (κ3) is 2.40. The van der Waals surface area contributed by atoms with Gasteiger partial charge >= 0.3 is 5.97 Å². The molecule has 2 rings (SSSR count). The van der Waals surface area contributed by atoms with Crippen LogP contribution in [0.25, 0.3) is 0 Å². The normalized spacial score (nSPS) is 16.1. The topological polar surface area (TPSA) is 65.0 Å². The minimum atomic E-state index is -0.789. The Bertz CT molecular complexity index is 505. The zero-order valence-corrected chi connectivity index (χ0v) is 12.1. The van der Waals surface area contributed by atoms with E-state index in [9.17, 15) is 9.90 Å². The van der Waals surface area contributed by atoms with Crippen LogP contribution in [-0.2, 0) is 4.79 Å². The summed E-state index contributed by atoms with van der Waals surface area (Å²) in [5, 5.41) is 9.32. The van der Waals surface area contributed by atoms with Crippen LogP contribution >= 0.6 is 0 Å². The second-order valence-electron chi connectivity index (χ2n) is 5.17. The van der Waals surface area contributed by atoms with Gasteiger partial charge in [-0.25, -0.2) is 0 Å². The molecule has 0 bridgehead atoms. The largest absolute Gasteiger partial charge is 0.493 e. The summed E-state index contributed by atoms with van der Waals surface area (Å²) in [4.78, 5) is 11.4. The van der Waals surface area contributed by atoms with E-state index in [-0.39, 0.29) is 6.61 Å². The summed E-state index contributed by atoms with van der Waals surface area (Å²) in [5.74, 6) is 0.848. The second-order valence-corrected chi connectivity index (χ2v) is 5.17. The van der Waals surface area contributed by atoms with Crippen molar-refractivity contribution < 1.29 is 24.1 Å². The van der Waals surface area contributed by atoms with Gasteiger partial charge in [-0.05, 0) is 31.4 Å². The predicted molar refractivity (Wildman–Crippen MR) is 73.7 cm³/mol. The molecule has 1 N–H and O–H groups in total. The minimum Gasteiger partial charge on any atom is -0.493 e. The van der Waals surface area contributed by atoms with Crippen molar-refractivity contribution in [2.24, 2.45) is 5.41 Å². The lowest BCUT2D eigenvalue weighted by atomic mass is 9.69. The van der Waals surface area contributed by atoms with Crippen molar-refractivity contribution in [3.8, 4) is 17.2 Å². The van der Waals surface area contributed by atoms with E-state index in [0.717, 1.165) is 12.0 Å². The number of ether oxygens (including phenoxy) is 3. The Balaban J connectivity index is 2.22. The van der Waals surface area contributed by atoms with Gasteiger partial charge in [-0.3, -0.25) is 4.79 Å². The first-order valence-corrected chi connectivity index (χ1v) is 6.62. The number of rotatable bonds is 6. The highest BCUT2D eigenvalue weighted by Crippen LogP contribution is 2.44. The molecule has 0 saturated heterocycles. The fourth-order valence-corrected chi connectivity index (χ4v) is 2.41. The van der Waals surface area contributed by atoms with Crippen LogP contribution in [0.4, 0.5) is 0 Å². The van der Waals surface area contributed by atoms with Gasteiger partial charge in [-0.15, -0.1) is 0 Å². The smallest absolute Gasteiger partial charge is 0.313 e. The summed E-state index contributed by atoms with van der Waals surface area (Å²) >= 11 is 0. The summed E-state index contributed by atoms with van der Waals surface area (Å²) in [5.41, 5.74) is 0.142. The zero-order chi connectivity index (χ0) is 14.8. The van der Waals surface area contributed by atoms with Crippen molar-refractivity contribution in [1.82, 2.24) is 0 Å². The predicted octanol–water partition coefficient (Wildman–Crippen LogP) is 2.65. The molecule has 0 amide bonds. The number of benzene rings is 1. The average molecular weight is 280 g/mol. The van der Waals surface area contributed by atoms with Gasteiger partial charge in [0.1, 0.15) is 12.0 Å². The first kappa shape index (κ1) is 14.5. The van der Waals surface area contributed by atoms with Gasteiger partial charge in [0.15, 0.2) is 11.5 Å². The van der Waals surface area contributed by atoms with Crippen molar-refractivity contribution in [2.45, 2.75) is 26.2 Å². The van der Waals surface area contributed by atoms with Gasteiger partial charge in [0, 0.05) is 0 Å². The lowest BCUT2D eigenvalue weighted by molar-refractivity contribution is -0.157. The molecule has 0 spiro atoms. The quantitative estimate of drug-likeness (QED) is 0.867. The highest BCUT2D eigenvalue weighted by Gasteiger charge is 2.45. The molecule has 0 atom stereocenters. The van der Waals surface area contributed by atoms with Gasteiger partial charge in [-0.2, -0.15) is 0 Å². The first-order chi connectivity index (χ1) is 9.54. The number of aryl methyl sites for hydroxylation is 1. The van der Waals surface area contributed by atoms with Crippen LogP contribution in [0.2, 0.25) is 0 Å². The Morgan fingerprint density at radius 2 is 1.95 bits per heavy atom. The van der Waals surface area contributed by atoms with Gasteiger partial charge in [0.25, 0.3) is 0 Å². The maximum absolute atomic E-state index is 11.4. The molecular formula is C15H20O5. The molecule has 5 nitrogen and oxygen atoms in total. The Morgan fingerprint density at radius 3 is 2.40 bits per heavy atom. The molecule has 1 aliphatic rings. The van der Waals surface area contributed by atoms with E-state index < -0.39 is 11.4 Å². The molecule has 0 unspecified atom stereocenters. The molecule has 0 aliphatic heterocycles. The molecular weight excluding hydrogens is 260 g/mol. The van der Waals surface area contributed by atoms with Crippen LogP contribution in [0.1, 0.15) is 24.8 Å². The molecule has 5 heteroatoms. The lowest BCUT2D eigenvalue weighted by Gasteiger charge is -2.37. The van der Waals surface area contributed by atoms with Gasteiger partial charge < -0.3 is 19.3 Å². The van der Waals surface area contributed by atoms with E-state index in [2.05, 4.69) is 0 Å². The second kappa shape index (κ2) is 5.61. The van der Waals surface area contributed by atoms with E-state index in [1.165, 1.54) is 0 Å². The monoisotopic (exact) mass is 280 g/mol. The van der Waals surface area contributed by atoms with Crippen molar-refractivity contribution in [1.29, 1.82) is 0 Å². The van der Waals surface area contributed by atoms with Gasteiger partial charge in [-0.1, -0.05) is 12.5 Å². The number of carboxylic acids is 1. The van der Waals surface area contributed by atoms with E-state index in [1.807, 2.05) is 13.0 Å². The van der Waals surface area contributed by atoms with Crippen molar-refractivity contribution >= 4 is 5.97 Å². The Hall–Kier alpha value is -1.91. The third-order valence-corrected chi connectivity index (χ3v) is 3.95. The third-order valence-electron chi connectivity index (χ3n) is 3.95. The maximum atomic E-state index is 11.4. The SMILES string of the molecule is COc1ccc(C)c(OCC2(C(=O)O)CCC2)c1OC. The first-order valence-electron chi connectivity index (χ1n) is 6.62. The molecule has 1 aliphatic carbocycles. The van der Waals surface area contributed by atoms with Crippen LogP contribution in [0.3, 0.4) is 0 Å². The molecule has 1 saturated carbocycles. The Labute approximate surface area is 118 Å². The number of hydrogen-bond donors (Lipinski definition) is 1. The van der Waals surface area contributed by atoms with Gasteiger partial charge in [0.05, 0.1) is 14.2 Å². The lowest BCUT2D eigenvalue weighted by Crippen LogP contribution is -2.43. The summed E-state index contributed by atoms with van der Waals surface area (Å²) in [6, 6.07) is 3.67. The Kier molecular flexibility index (Phi) is 4.06. The van der Waals surface area contributed by atoms with Crippen LogP contribution in [0.15, 0.2) is 12.1 Å². The van der Waals surface area contributed by atoms with Gasteiger partial charge in [0.2, 0.25) is 5.75 Å². The fourth-order valence-electron chi connectivity index (χ4n) is 2.41. The van der Waals surface area contributed by atoms with Crippen LogP contribution < -0.4 is 14.2 Å². The highest BCUT2D eigenvalue weighted by molar-refractivity contribution is 5.76. The highest BCUT2D eigenvalue weighted by atomic mass is 16.5. The van der Waals surface area contributed by atoms with E-state index >= 15 is 0 Å². The number of methoxy groups -OCH3 is 2. The maximum Gasteiger partial charge on any atom is 0.313 e. The van der Waals surface area contributed by atoms with Crippen LogP contribution in [0, 0.1) is 12.3 Å². The molecule has 1 aromatic carbocycles. The zero-order valence-electron chi connectivity index (χ0n) is 12.1. The number of carbonyl (C=O) groups is 1. The molecule has 20 heavy (non-hydrogen) atoms. The van der Waals surface area contributed by atoms with Crippen molar-refractivity contribution in [3.63, 3.8) is 0 Å².